The van der Waals surface area contributed by atoms with Crippen LogP contribution in [0.4, 0.5) is 0 Å². The lowest BCUT2D eigenvalue weighted by Gasteiger charge is -2.55. The Bertz CT molecular complexity index is 806. The van der Waals surface area contributed by atoms with Crippen molar-refractivity contribution in [3.8, 4) is 0 Å². The molecule has 0 unspecified atom stereocenters. The maximum Gasteiger partial charge on any atom is 0.341 e. The standard InChI is InChI=1S/C13H18O4.C11H15ClO.C2H4O3.CH2Cl2/c14-11(15)7-17-12(16)13-4-8-1-9(5-13)3-10(2-8)6-13;12-10(13)11-4-7-1-8(5-11)3-9(2-7)6-11;3-1-2(4)5;2-1-3/h8-10H,1-7H2,(H,14,15);7-9H,1-6H2;3H,1H2,(H,4,5);1H2. The first kappa shape index (κ1) is 31.4. The van der Waals surface area contributed by atoms with Crippen LogP contribution in [-0.2, 0) is 23.9 Å². The van der Waals surface area contributed by atoms with E-state index in [1.54, 1.807) is 0 Å². The predicted octanol–water partition coefficient (Wildman–Crippen LogP) is 5.28. The number of carboxylic acid groups (broad SMARTS) is 2. The minimum absolute atomic E-state index is 0.0356. The molecule has 8 aliphatic carbocycles. The third kappa shape index (κ3) is 7.76. The molecule has 8 rings (SSSR count). The average Bonchev–Trinajstić information content (AvgIpc) is 2.82. The highest BCUT2D eigenvalue weighted by Crippen LogP contribution is 2.61. The zero-order valence-electron chi connectivity index (χ0n) is 21.6. The van der Waals surface area contributed by atoms with Crippen molar-refractivity contribution in [1.82, 2.24) is 0 Å². The highest BCUT2D eigenvalue weighted by molar-refractivity contribution is 6.64. The Morgan fingerprint density at radius 3 is 1.18 bits per heavy atom. The Morgan fingerprint density at radius 2 is 0.947 bits per heavy atom. The Labute approximate surface area is 238 Å². The highest BCUT2D eigenvalue weighted by atomic mass is 35.5. The molecule has 8 saturated carbocycles. The fourth-order valence-corrected chi connectivity index (χ4v) is 9.22. The number of hydrogen-bond donors (Lipinski definition) is 3. The number of rotatable bonds is 5. The van der Waals surface area contributed by atoms with Crippen LogP contribution in [0.5, 0.6) is 0 Å². The van der Waals surface area contributed by atoms with E-state index < -0.39 is 25.2 Å². The molecule has 0 heterocycles. The molecular formula is C27H39Cl3O8. The molecule has 8 bridgehead atoms. The van der Waals surface area contributed by atoms with E-state index in [9.17, 15) is 14.4 Å². The van der Waals surface area contributed by atoms with Gasteiger partial charge in [-0.3, -0.25) is 9.59 Å². The molecule has 0 saturated heterocycles. The fourth-order valence-electron chi connectivity index (χ4n) is 8.99. The molecule has 8 nitrogen and oxygen atoms in total. The number of carboxylic acids is 2. The van der Waals surface area contributed by atoms with Gasteiger partial charge in [-0.1, -0.05) is 0 Å². The Morgan fingerprint density at radius 1 is 0.658 bits per heavy atom. The number of carbonyl (C=O) groups excluding carboxylic acids is 2. The van der Waals surface area contributed by atoms with Gasteiger partial charge in [-0.25, -0.2) is 9.59 Å². The molecule has 3 N–H and O–H groups in total. The smallest absolute Gasteiger partial charge is 0.341 e. The molecule has 0 aromatic carbocycles. The molecule has 11 heteroatoms. The van der Waals surface area contributed by atoms with Gasteiger partial charge >= 0.3 is 17.9 Å². The molecule has 216 valence electrons. The molecule has 8 aliphatic rings. The minimum Gasteiger partial charge on any atom is -0.480 e. The molecule has 0 aromatic rings. The van der Waals surface area contributed by atoms with Gasteiger partial charge in [0, 0.05) is 5.41 Å². The van der Waals surface area contributed by atoms with E-state index in [0.717, 1.165) is 56.3 Å². The summed E-state index contributed by atoms with van der Waals surface area (Å²) < 4.78 is 4.95. The third-order valence-corrected chi connectivity index (χ3v) is 9.79. The lowest BCUT2D eigenvalue weighted by Crippen LogP contribution is -2.50. The van der Waals surface area contributed by atoms with Gasteiger partial charge in [-0.15, -0.1) is 23.2 Å². The topological polar surface area (TPSA) is 138 Å². The first-order valence-electron chi connectivity index (χ1n) is 13.5. The summed E-state index contributed by atoms with van der Waals surface area (Å²) in [6, 6.07) is 0. The van der Waals surface area contributed by atoms with Crippen molar-refractivity contribution in [1.29, 1.82) is 0 Å². The summed E-state index contributed by atoms with van der Waals surface area (Å²) in [6.07, 6.45) is 14.0. The van der Waals surface area contributed by atoms with E-state index in [-0.39, 0.29) is 27.4 Å². The Kier molecular flexibility index (Phi) is 11.2. The monoisotopic (exact) mass is 596 g/mol. The maximum atomic E-state index is 12.1. The number of hydrogen-bond acceptors (Lipinski definition) is 6. The molecule has 0 amide bonds. The maximum absolute atomic E-state index is 12.1. The van der Waals surface area contributed by atoms with Crippen LogP contribution < -0.4 is 0 Å². The van der Waals surface area contributed by atoms with Crippen LogP contribution in [0.3, 0.4) is 0 Å². The number of esters is 1. The van der Waals surface area contributed by atoms with Crippen molar-refractivity contribution < 1.29 is 39.2 Å². The second-order valence-electron chi connectivity index (χ2n) is 12.3. The van der Waals surface area contributed by atoms with E-state index >= 15 is 0 Å². The van der Waals surface area contributed by atoms with Gasteiger partial charge in [0.2, 0.25) is 5.24 Å². The second kappa shape index (κ2) is 13.5. The van der Waals surface area contributed by atoms with Crippen molar-refractivity contribution in [2.24, 2.45) is 46.3 Å². The molecule has 38 heavy (non-hydrogen) atoms. The summed E-state index contributed by atoms with van der Waals surface area (Å²) in [5.41, 5.74) is -0.402. The summed E-state index contributed by atoms with van der Waals surface area (Å²) >= 11 is 15.3. The molecule has 8 fully saturated rings. The number of ether oxygens (including phenoxy) is 1. The molecule has 0 atom stereocenters. The van der Waals surface area contributed by atoms with Crippen LogP contribution in [0.2, 0.25) is 0 Å². The molecule has 0 aromatic heterocycles. The zero-order chi connectivity index (χ0) is 28.1. The SMILES string of the molecule is ClCCl.O=C(Cl)C12CC3CC(CC(C3)C1)C2.O=C(O)CO.O=C(O)COC(=O)C12CC3CC(CC(C3)C1)C2. The van der Waals surface area contributed by atoms with Gasteiger partial charge in [-0.05, 0) is 124 Å². The molecule has 0 spiro atoms. The van der Waals surface area contributed by atoms with Crippen LogP contribution >= 0.6 is 34.8 Å². The summed E-state index contributed by atoms with van der Waals surface area (Å²) in [7, 11) is 0. The lowest BCUT2D eigenvalue weighted by molar-refractivity contribution is -0.175. The van der Waals surface area contributed by atoms with E-state index in [1.165, 1.54) is 38.5 Å². The van der Waals surface area contributed by atoms with Crippen LogP contribution in [0.25, 0.3) is 0 Å². The Hall–Kier alpha value is -1.09. The predicted molar refractivity (Wildman–Crippen MR) is 142 cm³/mol. The summed E-state index contributed by atoms with van der Waals surface area (Å²) in [6.45, 7) is -1.26. The summed E-state index contributed by atoms with van der Waals surface area (Å²) in [5, 5.41) is 23.7. The Balaban J connectivity index is 0.000000168. The molecule has 0 aliphatic heterocycles. The highest BCUT2D eigenvalue weighted by Gasteiger charge is 2.56. The van der Waals surface area contributed by atoms with Gasteiger partial charge < -0.3 is 20.1 Å². The normalized spacial score (nSPS) is 38.4. The van der Waals surface area contributed by atoms with E-state index in [4.69, 9.17) is 59.7 Å². The third-order valence-electron chi connectivity index (χ3n) is 9.39. The van der Waals surface area contributed by atoms with Crippen LogP contribution in [0.1, 0.15) is 77.0 Å². The lowest BCUT2D eigenvalue weighted by atomic mass is 9.49. The van der Waals surface area contributed by atoms with E-state index in [0.29, 0.717) is 17.8 Å². The van der Waals surface area contributed by atoms with Crippen molar-refractivity contribution >= 4 is 58.0 Å². The van der Waals surface area contributed by atoms with Gasteiger partial charge in [0.15, 0.2) is 6.61 Å². The molecular weight excluding hydrogens is 559 g/mol. The number of aliphatic hydroxyl groups excluding tert-OH is 1. The van der Waals surface area contributed by atoms with Gasteiger partial charge in [0.1, 0.15) is 6.61 Å². The fraction of sp³-hybridized carbons (Fsp3) is 0.852. The van der Waals surface area contributed by atoms with Crippen LogP contribution in [0.15, 0.2) is 0 Å². The van der Waals surface area contributed by atoms with Gasteiger partial charge in [0.25, 0.3) is 0 Å². The van der Waals surface area contributed by atoms with Crippen molar-refractivity contribution in [3.63, 3.8) is 0 Å². The molecule has 0 radical (unpaired) electrons. The number of aliphatic hydroxyl groups is 1. The number of halogens is 3. The first-order valence-corrected chi connectivity index (χ1v) is 14.9. The second-order valence-corrected chi connectivity index (χ2v) is 13.4. The largest absolute Gasteiger partial charge is 0.480 e. The number of alkyl halides is 2. The van der Waals surface area contributed by atoms with Crippen molar-refractivity contribution in [2.45, 2.75) is 77.0 Å². The number of aliphatic carboxylic acids is 2. The minimum atomic E-state index is -1.19. The first-order chi connectivity index (χ1) is 17.9. The van der Waals surface area contributed by atoms with Crippen LogP contribution in [0, 0.1) is 46.3 Å². The van der Waals surface area contributed by atoms with Gasteiger partial charge in [-0.2, -0.15) is 0 Å². The quantitative estimate of drug-likeness (QED) is 0.221. The number of carbonyl (C=O) groups is 4. The van der Waals surface area contributed by atoms with Crippen molar-refractivity contribution in [2.75, 3.05) is 18.6 Å². The average molecular weight is 598 g/mol. The summed E-state index contributed by atoms with van der Waals surface area (Å²) in [4.78, 5) is 43.1. The zero-order valence-corrected chi connectivity index (χ0v) is 23.9. The van der Waals surface area contributed by atoms with Gasteiger partial charge in [0.05, 0.1) is 10.8 Å². The summed E-state index contributed by atoms with van der Waals surface area (Å²) in [5.74, 6) is 2.01. The van der Waals surface area contributed by atoms with E-state index in [2.05, 4.69) is 0 Å². The van der Waals surface area contributed by atoms with Crippen molar-refractivity contribution in [3.05, 3.63) is 0 Å². The van der Waals surface area contributed by atoms with Crippen LogP contribution in [-0.4, -0.2) is 57.0 Å². The van der Waals surface area contributed by atoms with E-state index in [1.807, 2.05) is 0 Å².